The molecule has 2 aromatic carbocycles. The molecule has 0 spiro atoms. The van der Waals surface area contributed by atoms with Crippen LogP contribution in [0.5, 0.6) is 11.5 Å². The van der Waals surface area contributed by atoms with Crippen LogP contribution in [-0.4, -0.2) is 35.4 Å². The Morgan fingerprint density at radius 2 is 1.75 bits per heavy atom. The van der Waals surface area contributed by atoms with Gasteiger partial charge in [0.05, 0.1) is 18.5 Å². The molecule has 0 unspecified atom stereocenters. The van der Waals surface area contributed by atoms with Crippen molar-refractivity contribution in [3.8, 4) is 17.2 Å². The van der Waals surface area contributed by atoms with Crippen molar-refractivity contribution in [3.63, 3.8) is 0 Å². The van der Waals surface area contributed by atoms with Crippen LogP contribution in [0.25, 0.3) is 5.69 Å². The summed E-state index contributed by atoms with van der Waals surface area (Å²) in [6, 6.07) is 17.2. The van der Waals surface area contributed by atoms with Crippen LogP contribution >= 0.6 is 0 Å². The molecule has 3 rings (SSSR count). The maximum absolute atomic E-state index is 12.0. The lowest BCUT2D eigenvalue weighted by atomic mass is 10.2. The smallest absolute Gasteiger partial charge is 0.257 e. The second-order valence-corrected chi connectivity index (χ2v) is 6.34. The largest absolute Gasteiger partial charge is 0.494 e. The fourth-order valence-electron chi connectivity index (χ4n) is 2.61. The number of carbonyl (C=O) groups excluding carboxylic acids is 1. The first kappa shape index (κ1) is 19.5. The monoisotopic (exact) mass is 379 g/mol. The van der Waals surface area contributed by atoms with E-state index in [1.807, 2.05) is 59.5 Å². The van der Waals surface area contributed by atoms with Crippen LogP contribution in [0.1, 0.15) is 18.9 Å². The quantitative estimate of drug-likeness (QED) is 0.586. The van der Waals surface area contributed by atoms with Gasteiger partial charge in [-0.2, -0.15) is 5.10 Å². The van der Waals surface area contributed by atoms with Gasteiger partial charge in [-0.25, -0.2) is 4.68 Å². The van der Waals surface area contributed by atoms with Crippen LogP contribution in [0.4, 0.5) is 0 Å². The van der Waals surface area contributed by atoms with Gasteiger partial charge in [0.15, 0.2) is 6.61 Å². The van der Waals surface area contributed by atoms with E-state index in [4.69, 9.17) is 9.47 Å². The predicted octanol–water partition coefficient (Wildman–Crippen LogP) is 3.40. The van der Waals surface area contributed by atoms with Crippen molar-refractivity contribution in [1.82, 2.24) is 15.1 Å². The minimum atomic E-state index is -0.151. The molecule has 0 atom stereocenters. The SMILES string of the molecule is CCCOc1ccc(OCC(=O)NCCc2cnn(-c3ccccc3)c2)cc1. The topological polar surface area (TPSA) is 65.4 Å². The molecular formula is C22H25N3O3. The molecule has 0 saturated carbocycles. The maximum atomic E-state index is 12.0. The molecule has 6 heteroatoms. The Kier molecular flexibility index (Phi) is 7.07. The van der Waals surface area contributed by atoms with Gasteiger partial charge in [0.2, 0.25) is 0 Å². The summed E-state index contributed by atoms with van der Waals surface area (Å²) < 4.78 is 12.9. The molecule has 1 amide bonds. The average Bonchev–Trinajstić information content (AvgIpc) is 3.21. The van der Waals surface area contributed by atoms with Crippen LogP contribution < -0.4 is 14.8 Å². The molecule has 0 bridgehead atoms. The highest BCUT2D eigenvalue weighted by molar-refractivity contribution is 5.77. The lowest BCUT2D eigenvalue weighted by Crippen LogP contribution is -2.30. The van der Waals surface area contributed by atoms with Crippen molar-refractivity contribution >= 4 is 5.91 Å². The van der Waals surface area contributed by atoms with E-state index >= 15 is 0 Å². The van der Waals surface area contributed by atoms with E-state index in [1.165, 1.54) is 0 Å². The molecule has 6 nitrogen and oxygen atoms in total. The summed E-state index contributed by atoms with van der Waals surface area (Å²) in [6.07, 6.45) is 5.46. The first-order chi connectivity index (χ1) is 13.7. The lowest BCUT2D eigenvalue weighted by Gasteiger charge is -2.08. The number of nitrogens with zero attached hydrogens (tertiary/aromatic N) is 2. The summed E-state index contributed by atoms with van der Waals surface area (Å²) in [6.45, 7) is 3.27. The zero-order valence-electron chi connectivity index (χ0n) is 16.0. The van der Waals surface area contributed by atoms with Crippen LogP contribution in [-0.2, 0) is 11.2 Å². The van der Waals surface area contributed by atoms with Gasteiger partial charge >= 0.3 is 0 Å². The number of ether oxygens (including phenoxy) is 2. The fourth-order valence-corrected chi connectivity index (χ4v) is 2.61. The Balaban J connectivity index is 1.37. The number of nitrogens with one attached hydrogen (secondary N) is 1. The molecule has 28 heavy (non-hydrogen) atoms. The molecule has 0 saturated heterocycles. The van der Waals surface area contributed by atoms with E-state index in [0.29, 0.717) is 25.3 Å². The standard InChI is InChI=1S/C22H25N3O3/c1-2-14-27-20-8-10-21(11-9-20)28-17-22(26)23-13-12-18-15-24-25(16-18)19-6-4-3-5-7-19/h3-11,15-16H,2,12-14,17H2,1H3,(H,23,26). The third-order valence-electron chi connectivity index (χ3n) is 4.06. The maximum Gasteiger partial charge on any atom is 0.257 e. The summed E-state index contributed by atoms with van der Waals surface area (Å²) in [5.41, 5.74) is 2.07. The number of carbonyl (C=O) groups is 1. The minimum Gasteiger partial charge on any atom is -0.494 e. The van der Waals surface area contributed by atoms with Crippen molar-refractivity contribution in [2.24, 2.45) is 0 Å². The summed E-state index contributed by atoms with van der Waals surface area (Å²) >= 11 is 0. The van der Waals surface area contributed by atoms with Gasteiger partial charge in [-0.15, -0.1) is 0 Å². The second kappa shape index (κ2) is 10.2. The number of aromatic nitrogens is 2. The molecule has 1 aromatic heterocycles. The molecule has 0 aliphatic rings. The van der Waals surface area contributed by atoms with Gasteiger partial charge in [0, 0.05) is 12.7 Å². The number of hydrogen-bond donors (Lipinski definition) is 1. The highest BCUT2D eigenvalue weighted by Gasteiger charge is 2.05. The van der Waals surface area contributed by atoms with Crippen molar-refractivity contribution in [1.29, 1.82) is 0 Å². The number of rotatable bonds is 10. The summed E-state index contributed by atoms with van der Waals surface area (Å²) in [5.74, 6) is 1.29. The van der Waals surface area contributed by atoms with Crippen molar-refractivity contribution in [3.05, 3.63) is 72.6 Å². The second-order valence-electron chi connectivity index (χ2n) is 6.34. The zero-order valence-corrected chi connectivity index (χ0v) is 16.0. The molecular weight excluding hydrogens is 354 g/mol. The molecule has 3 aromatic rings. The van der Waals surface area contributed by atoms with E-state index in [9.17, 15) is 4.79 Å². The number of amides is 1. The van der Waals surface area contributed by atoms with Crippen molar-refractivity contribution < 1.29 is 14.3 Å². The third kappa shape index (κ3) is 5.87. The van der Waals surface area contributed by atoms with E-state index in [-0.39, 0.29) is 12.5 Å². The number of para-hydroxylation sites is 1. The molecule has 0 radical (unpaired) electrons. The molecule has 0 aliphatic heterocycles. The van der Waals surface area contributed by atoms with Gasteiger partial charge < -0.3 is 14.8 Å². The van der Waals surface area contributed by atoms with Crippen LogP contribution in [0.15, 0.2) is 67.0 Å². The zero-order chi connectivity index (χ0) is 19.6. The van der Waals surface area contributed by atoms with E-state index in [0.717, 1.165) is 23.4 Å². The van der Waals surface area contributed by atoms with Gasteiger partial charge in [0.25, 0.3) is 5.91 Å². The minimum absolute atomic E-state index is 0.0154. The Morgan fingerprint density at radius 1 is 1.04 bits per heavy atom. The van der Waals surface area contributed by atoms with Crippen molar-refractivity contribution in [2.75, 3.05) is 19.8 Å². The van der Waals surface area contributed by atoms with Gasteiger partial charge in [-0.05, 0) is 54.8 Å². The van der Waals surface area contributed by atoms with E-state index in [2.05, 4.69) is 17.3 Å². The lowest BCUT2D eigenvalue weighted by molar-refractivity contribution is -0.123. The normalized spacial score (nSPS) is 10.5. The van der Waals surface area contributed by atoms with Crippen LogP contribution in [0, 0.1) is 0 Å². The average molecular weight is 379 g/mol. The fraction of sp³-hybridized carbons (Fsp3) is 0.273. The Hall–Kier alpha value is -3.28. The highest BCUT2D eigenvalue weighted by Crippen LogP contribution is 2.17. The molecule has 1 heterocycles. The number of benzene rings is 2. The van der Waals surface area contributed by atoms with E-state index < -0.39 is 0 Å². The first-order valence-electron chi connectivity index (χ1n) is 9.46. The first-order valence-corrected chi connectivity index (χ1v) is 9.46. The molecule has 0 aliphatic carbocycles. The third-order valence-corrected chi connectivity index (χ3v) is 4.06. The van der Waals surface area contributed by atoms with Crippen molar-refractivity contribution in [2.45, 2.75) is 19.8 Å². The summed E-state index contributed by atoms with van der Waals surface area (Å²) in [5, 5.41) is 7.22. The Bertz CT molecular complexity index is 860. The highest BCUT2D eigenvalue weighted by atomic mass is 16.5. The van der Waals surface area contributed by atoms with E-state index in [1.54, 1.807) is 12.1 Å². The van der Waals surface area contributed by atoms with Gasteiger partial charge in [-0.3, -0.25) is 4.79 Å². The molecule has 0 fully saturated rings. The summed E-state index contributed by atoms with van der Waals surface area (Å²) in [7, 11) is 0. The van der Waals surface area contributed by atoms with Crippen LogP contribution in [0.3, 0.4) is 0 Å². The van der Waals surface area contributed by atoms with Crippen LogP contribution in [0.2, 0.25) is 0 Å². The van der Waals surface area contributed by atoms with Gasteiger partial charge in [0.1, 0.15) is 11.5 Å². The van der Waals surface area contributed by atoms with Gasteiger partial charge in [-0.1, -0.05) is 25.1 Å². The summed E-state index contributed by atoms with van der Waals surface area (Å²) in [4.78, 5) is 12.0. The molecule has 1 N–H and O–H groups in total. The predicted molar refractivity (Wildman–Crippen MR) is 108 cm³/mol. The molecule has 146 valence electrons. The number of hydrogen-bond acceptors (Lipinski definition) is 4. The Morgan fingerprint density at radius 3 is 2.46 bits per heavy atom. The Labute approximate surface area is 165 Å².